The van der Waals surface area contributed by atoms with Crippen LogP contribution < -0.4 is 0 Å². The molecule has 16 heavy (non-hydrogen) atoms. The molecule has 0 aromatic carbocycles. The van der Waals surface area contributed by atoms with E-state index in [-0.39, 0.29) is 0 Å². The van der Waals surface area contributed by atoms with Gasteiger partial charge in [0, 0.05) is 12.4 Å². The molecule has 0 unspecified atom stereocenters. The molecule has 0 saturated heterocycles. The minimum absolute atomic E-state index is 0.793. The van der Waals surface area contributed by atoms with Gasteiger partial charge in [-0.25, -0.2) is 0 Å². The third kappa shape index (κ3) is 3.62. The first-order valence-electron chi connectivity index (χ1n) is 6.87. The Balaban J connectivity index is 1.94. The SMILES string of the molecule is c1cc(C2CCCCCCCCC2)ccn1. The lowest BCUT2D eigenvalue weighted by atomic mass is 9.87. The Hall–Kier alpha value is -0.850. The van der Waals surface area contributed by atoms with E-state index in [9.17, 15) is 0 Å². The summed E-state index contributed by atoms with van der Waals surface area (Å²) in [5, 5.41) is 0. The van der Waals surface area contributed by atoms with Crippen LogP contribution in [-0.4, -0.2) is 4.98 Å². The summed E-state index contributed by atoms with van der Waals surface area (Å²) in [6.45, 7) is 0. The Morgan fingerprint density at radius 3 is 1.81 bits per heavy atom. The van der Waals surface area contributed by atoms with Crippen molar-refractivity contribution in [3.8, 4) is 0 Å². The molecule has 0 aliphatic heterocycles. The van der Waals surface area contributed by atoms with E-state index in [1.807, 2.05) is 12.4 Å². The molecule has 2 rings (SSSR count). The first-order valence-corrected chi connectivity index (χ1v) is 6.87. The van der Waals surface area contributed by atoms with Crippen LogP contribution in [0.15, 0.2) is 24.5 Å². The summed E-state index contributed by atoms with van der Waals surface area (Å²) in [6.07, 6.45) is 16.7. The fourth-order valence-electron chi connectivity index (χ4n) is 2.78. The highest BCUT2D eigenvalue weighted by atomic mass is 14.6. The molecule has 0 amide bonds. The number of aromatic nitrogens is 1. The highest BCUT2D eigenvalue weighted by molar-refractivity contribution is 5.15. The molecular formula is C15H23N. The molecule has 0 N–H and O–H groups in total. The van der Waals surface area contributed by atoms with Gasteiger partial charge in [0.1, 0.15) is 0 Å². The van der Waals surface area contributed by atoms with Crippen LogP contribution in [-0.2, 0) is 0 Å². The molecule has 1 aliphatic rings. The maximum Gasteiger partial charge on any atom is 0.0270 e. The molecule has 0 atom stereocenters. The maximum absolute atomic E-state index is 4.12. The maximum atomic E-state index is 4.12. The lowest BCUT2D eigenvalue weighted by Gasteiger charge is -2.18. The minimum Gasteiger partial charge on any atom is -0.265 e. The summed E-state index contributed by atoms with van der Waals surface area (Å²) in [7, 11) is 0. The number of hydrogen-bond donors (Lipinski definition) is 0. The number of nitrogens with zero attached hydrogens (tertiary/aromatic N) is 1. The molecule has 1 saturated carbocycles. The average Bonchev–Trinajstić information content (AvgIpc) is 2.37. The summed E-state index contributed by atoms with van der Waals surface area (Å²) < 4.78 is 0. The molecule has 1 heterocycles. The summed E-state index contributed by atoms with van der Waals surface area (Å²) in [5.74, 6) is 0.793. The molecule has 1 nitrogen and oxygen atoms in total. The monoisotopic (exact) mass is 217 g/mol. The van der Waals surface area contributed by atoms with Gasteiger partial charge in [0.05, 0.1) is 0 Å². The molecule has 0 bridgehead atoms. The average molecular weight is 217 g/mol. The van der Waals surface area contributed by atoms with Crippen LogP contribution in [0.4, 0.5) is 0 Å². The van der Waals surface area contributed by atoms with E-state index in [1.165, 1.54) is 63.4 Å². The molecule has 88 valence electrons. The van der Waals surface area contributed by atoms with Crippen molar-refractivity contribution < 1.29 is 0 Å². The van der Waals surface area contributed by atoms with E-state index in [1.54, 1.807) is 0 Å². The Labute approximate surface area is 99.3 Å². The van der Waals surface area contributed by atoms with Crippen molar-refractivity contribution >= 4 is 0 Å². The van der Waals surface area contributed by atoms with Crippen LogP contribution in [0.25, 0.3) is 0 Å². The van der Waals surface area contributed by atoms with E-state index in [0.29, 0.717) is 0 Å². The van der Waals surface area contributed by atoms with Gasteiger partial charge in [0.15, 0.2) is 0 Å². The van der Waals surface area contributed by atoms with Crippen LogP contribution in [0.3, 0.4) is 0 Å². The van der Waals surface area contributed by atoms with Crippen LogP contribution >= 0.6 is 0 Å². The van der Waals surface area contributed by atoms with Gasteiger partial charge in [0.2, 0.25) is 0 Å². The molecular weight excluding hydrogens is 194 g/mol. The fraction of sp³-hybridized carbons (Fsp3) is 0.667. The number of pyridine rings is 1. The van der Waals surface area contributed by atoms with Crippen molar-refractivity contribution in [2.45, 2.75) is 63.7 Å². The van der Waals surface area contributed by atoms with Gasteiger partial charge >= 0.3 is 0 Å². The Kier molecular flexibility index (Phi) is 4.85. The first-order chi connectivity index (χ1) is 7.97. The summed E-state index contributed by atoms with van der Waals surface area (Å²) in [5.41, 5.74) is 1.51. The first kappa shape index (κ1) is 11.6. The summed E-state index contributed by atoms with van der Waals surface area (Å²) in [4.78, 5) is 4.12. The Bertz CT molecular complexity index is 271. The van der Waals surface area contributed by atoms with E-state index < -0.39 is 0 Å². The predicted octanol–water partition coefficient (Wildman–Crippen LogP) is 4.69. The van der Waals surface area contributed by atoms with Gasteiger partial charge < -0.3 is 0 Å². The van der Waals surface area contributed by atoms with Crippen molar-refractivity contribution in [1.82, 2.24) is 4.98 Å². The van der Waals surface area contributed by atoms with Crippen LogP contribution in [0.2, 0.25) is 0 Å². The van der Waals surface area contributed by atoms with E-state index in [2.05, 4.69) is 17.1 Å². The van der Waals surface area contributed by atoms with Gasteiger partial charge in [-0.2, -0.15) is 0 Å². The molecule has 0 spiro atoms. The van der Waals surface area contributed by atoms with Crippen molar-refractivity contribution in [3.63, 3.8) is 0 Å². The normalized spacial score (nSPS) is 20.5. The van der Waals surface area contributed by atoms with Gasteiger partial charge in [-0.15, -0.1) is 0 Å². The minimum atomic E-state index is 0.793. The highest BCUT2D eigenvalue weighted by Gasteiger charge is 2.11. The van der Waals surface area contributed by atoms with Crippen molar-refractivity contribution in [3.05, 3.63) is 30.1 Å². The van der Waals surface area contributed by atoms with Crippen LogP contribution in [0, 0.1) is 0 Å². The van der Waals surface area contributed by atoms with E-state index in [4.69, 9.17) is 0 Å². The van der Waals surface area contributed by atoms with Gasteiger partial charge in [-0.1, -0.05) is 44.9 Å². The van der Waals surface area contributed by atoms with Gasteiger partial charge in [-0.05, 0) is 36.5 Å². The summed E-state index contributed by atoms with van der Waals surface area (Å²) in [6, 6.07) is 4.41. The third-order valence-electron chi connectivity index (χ3n) is 3.78. The zero-order valence-electron chi connectivity index (χ0n) is 10.2. The molecule has 0 radical (unpaired) electrons. The van der Waals surface area contributed by atoms with Crippen molar-refractivity contribution in [1.29, 1.82) is 0 Å². The van der Waals surface area contributed by atoms with Gasteiger partial charge in [-0.3, -0.25) is 4.98 Å². The topological polar surface area (TPSA) is 12.9 Å². The largest absolute Gasteiger partial charge is 0.265 e. The Morgan fingerprint density at radius 2 is 1.25 bits per heavy atom. The van der Waals surface area contributed by atoms with Crippen LogP contribution in [0.1, 0.15) is 69.3 Å². The lowest BCUT2D eigenvalue weighted by Crippen LogP contribution is -2.01. The molecule has 1 aromatic rings. The molecule has 1 fully saturated rings. The lowest BCUT2D eigenvalue weighted by molar-refractivity contribution is 0.462. The summed E-state index contributed by atoms with van der Waals surface area (Å²) >= 11 is 0. The second-order valence-electron chi connectivity index (χ2n) is 5.03. The molecule has 1 aliphatic carbocycles. The standard InChI is InChI=1S/C15H23N/c1-2-4-6-8-14(9-7-5-3-1)15-10-12-16-13-11-15/h10-14H,1-9H2. The zero-order chi connectivity index (χ0) is 11.1. The van der Waals surface area contributed by atoms with Crippen molar-refractivity contribution in [2.75, 3.05) is 0 Å². The van der Waals surface area contributed by atoms with E-state index >= 15 is 0 Å². The number of rotatable bonds is 1. The predicted molar refractivity (Wildman–Crippen MR) is 68.5 cm³/mol. The zero-order valence-corrected chi connectivity index (χ0v) is 10.2. The second kappa shape index (κ2) is 6.67. The van der Waals surface area contributed by atoms with Crippen molar-refractivity contribution in [2.24, 2.45) is 0 Å². The Morgan fingerprint density at radius 1 is 0.750 bits per heavy atom. The van der Waals surface area contributed by atoms with Gasteiger partial charge in [0.25, 0.3) is 0 Å². The quantitative estimate of drug-likeness (QED) is 0.665. The third-order valence-corrected chi connectivity index (χ3v) is 3.78. The highest BCUT2D eigenvalue weighted by Crippen LogP contribution is 2.29. The molecule has 1 aromatic heterocycles. The van der Waals surface area contributed by atoms with E-state index in [0.717, 1.165) is 5.92 Å². The second-order valence-corrected chi connectivity index (χ2v) is 5.03. The molecule has 1 heteroatoms. The van der Waals surface area contributed by atoms with Crippen LogP contribution in [0.5, 0.6) is 0 Å². The number of hydrogen-bond acceptors (Lipinski definition) is 1. The fourth-order valence-corrected chi connectivity index (χ4v) is 2.78. The smallest absolute Gasteiger partial charge is 0.0270 e.